The molecule has 4 rings (SSSR count). The molecule has 146 valence electrons. The SMILES string of the molecule is CCC(C(=O)N1CCN(C(=O)c2ccco2)CC1)n1sc2ccccc2c1=O. The second-order valence-corrected chi connectivity index (χ2v) is 7.75. The highest BCUT2D eigenvalue weighted by atomic mass is 32.1. The van der Waals surface area contributed by atoms with Crippen molar-refractivity contribution < 1.29 is 14.0 Å². The van der Waals surface area contributed by atoms with E-state index in [1.807, 2.05) is 25.1 Å². The molecule has 1 saturated heterocycles. The van der Waals surface area contributed by atoms with Gasteiger partial charge in [0.2, 0.25) is 5.91 Å². The van der Waals surface area contributed by atoms with Crippen molar-refractivity contribution in [1.82, 2.24) is 13.8 Å². The van der Waals surface area contributed by atoms with Crippen LogP contribution in [0, 0.1) is 0 Å². The lowest BCUT2D eigenvalue weighted by Crippen LogP contribution is -2.52. The quantitative estimate of drug-likeness (QED) is 0.676. The molecule has 3 heterocycles. The van der Waals surface area contributed by atoms with E-state index >= 15 is 0 Å². The van der Waals surface area contributed by atoms with Crippen molar-refractivity contribution in [2.24, 2.45) is 0 Å². The molecular formula is C20H21N3O4S. The maximum Gasteiger partial charge on any atom is 0.289 e. The number of aromatic nitrogens is 1. The van der Waals surface area contributed by atoms with E-state index in [0.29, 0.717) is 43.7 Å². The molecule has 1 aromatic carbocycles. The fraction of sp³-hybridized carbons (Fsp3) is 0.350. The van der Waals surface area contributed by atoms with Crippen molar-refractivity contribution in [3.05, 3.63) is 58.8 Å². The Labute approximate surface area is 165 Å². The topological polar surface area (TPSA) is 75.8 Å². The maximum absolute atomic E-state index is 13.1. The Kier molecular flexibility index (Phi) is 5.04. The van der Waals surface area contributed by atoms with Gasteiger partial charge in [0.1, 0.15) is 6.04 Å². The van der Waals surface area contributed by atoms with Crippen LogP contribution in [0.5, 0.6) is 0 Å². The van der Waals surface area contributed by atoms with Crippen LogP contribution in [0.25, 0.3) is 10.1 Å². The Morgan fingerprint density at radius 1 is 1.07 bits per heavy atom. The average Bonchev–Trinajstić information content (AvgIpc) is 3.37. The lowest BCUT2D eigenvalue weighted by atomic mass is 10.1. The van der Waals surface area contributed by atoms with Gasteiger partial charge in [-0.05, 0) is 30.7 Å². The molecule has 1 aliphatic rings. The van der Waals surface area contributed by atoms with Gasteiger partial charge >= 0.3 is 0 Å². The van der Waals surface area contributed by atoms with E-state index in [4.69, 9.17) is 4.42 Å². The first-order valence-electron chi connectivity index (χ1n) is 9.32. The summed E-state index contributed by atoms with van der Waals surface area (Å²) in [5.74, 6) is 0.0779. The van der Waals surface area contributed by atoms with Crippen molar-refractivity contribution in [3.8, 4) is 0 Å². The van der Waals surface area contributed by atoms with Crippen molar-refractivity contribution in [2.45, 2.75) is 19.4 Å². The number of amides is 2. The summed E-state index contributed by atoms with van der Waals surface area (Å²) in [5, 5.41) is 0.646. The number of furan rings is 1. The van der Waals surface area contributed by atoms with Gasteiger partial charge in [0.05, 0.1) is 16.3 Å². The maximum atomic E-state index is 13.1. The summed E-state index contributed by atoms with van der Waals surface area (Å²) in [6.45, 7) is 3.70. The van der Waals surface area contributed by atoms with Crippen LogP contribution < -0.4 is 5.56 Å². The highest BCUT2D eigenvalue weighted by molar-refractivity contribution is 7.14. The standard InChI is InChI=1S/C20H21N3O4S/c1-2-15(23-18(24)14-6-3-4-8-17(14)28-23)19(25)21-9-11-22(12-10-21)20(26)16-7-5-13-27-16/h3-8,13,15H,2,9-12H2,1H3. The van der Waals surface area contributed by atoms with Gasteiger partial charge in [-0.3, -0.25) is 18.3 Å². The number of nitrogens with zero attached hydrogens (tertiary/aromatic N) is 3. The highest BCUT2D eigenvalue weighted by Crippen LogP contribution is 2.23. The number of rotatable bonds is 4. The van der Waals surface area contributed by atoms with E-state index < -0.39 is 6.04 Å². The summed E-state index contributed by atoms with van der Waals surface area (Å²) in [7, 11) is 0. The number of hydrogen-bond acceptors (Lipinski definition) is 5. The van der Waals surface area contributed by atoms with Crippen LogP contribution in [0.3, 0.4) is 0 Å². The molecule has 7 nitrogen and oxygen atoms in total. The molecule has 0 N–H and O–H groups in total. The highest BCUT2D eigenvalue weighted by Gasteiger charge is 2.31. The minimum Gasteiger partial charge on any atom is -0.459 e. The van der Waals surface area contributed by atoms with Gasteiger partial charge in [-0.25, -0.2) is 0 Å². The van der Waals surface area contributed by atoms with E-state index in [9.17, 15) is 14.4 Å². The van der Waals surface area contributed by atoms with Gasteiger partial charge in [-0.2, -0.15) is 0 Å². The lowest BCUT2D eigenvalue weighted by molar-refractivity contribution is -0.136. The summed E-state index contributed by atoms with van der Waals surface area (Å²) < 4.78 is 7.64. The lowest BCUT2D eigenvalue weighted by Gasteiger charge is -2.36. The summed E-state index contributed by atoms with van der Waals surface area (Å²) >= 11 is 1.33. The molecule has 8 heteroatoms. The molecule has 1 unspecified atom stereocenters. The number of carbonyl (C=O) groups is 2. The van der Waals surface area contributed by atoms with Gasteiger partial charge in [0.25, 0.3) is 11.5 Å². The summed E-state index contributed by atoms with van der Waals surface area (Å²) in [6.07, 6.45) is 2.01. The second kappa shape index (κ2) is 7.63. The van der Waals surface area contributed by atoms with E-state index in [0.717, 1.165) is 4.70 Å². The first kappa shape index (κ1) is 18.5. The predicted octanol–water partition coefficient (Wildman–Crippen LogP) is 2.59. The zero-order chi connectivity index (χ0) is 19.7. The molecule has 1 atom stereocenters. The van der Waals surface area contributed by atoms with Crippen molar-refractivity contribution in [3.63, 3.8) is 0 Å². The van der Waals surface area contributed by atoms with Gasteiger partial charge in [0, 0.05) is 26.2 Å². The van der Waals surface area contributed by atoms with Crippen LogP contribution in [0.1, 0.15) is 29.9 Å². The summed E-state index contributed by atoms with van der Waals surface area (Å²) in [4.78, 5) is 41.7. The number of piperazine rings is 1. The molecule has 3 aromatic rings. The summed E-state index contributed by atoms with van der Waals surface area (Å²) in [6, 6.07) is 10.2. The largest absolute Gasteiger partial charge is 0.459 e. The molecule has 0 bridgehead atoms. The molecule has 28 heavy (non-hydrogen) atoms. The monoisotopic (exact) mass is 399 g/mol. The smallest absolute Gasteiger partial charge is 0.289 e. The third-order valence-corrected chi connectivity index (χ3v) is 6.25. The first-order valence-corrected chi connectivity index (χ1v) is 10.1. The first-order chi connectivity index (χ1) is 13.6. The van der Waals surface area contributed by atoms with E-state index in [2.05, 4.69) is 0 Å². The minimum absolute atomic E-state index is 0.0683. The van der Waals surface area contributed by atoms with Crippen LogP contribution in [0.15, 0.2) is 51.9 Å². The fourth-order valence-corrected chi connectivity index (χ4v) is 4.68. The van der Waals surface area contributed by atoms with E-state index in [-0.39, 0.29) is 17.4 Å². The van der Waals surface area contributed by atoms with E-state index in [1.165, 1.54) is 17.8 Å². The Hall–Kier alpha value is -2.87. The molecule has 0 radical (unpaired) electrons. The molecule has 2 amide bonds. The van der Waals surface area contributed by atoms with Crippen molar-refractivity contribution in [2.75, 3.05) is 26.2 Å². The minimum atomic E-state index is -0.516. The Morgan fingerprint density at radius 3 is 2.43 bits per heavy atom. The van der Waals surface area contributed by atoms with Gasteiger partial charge < -0.3 is 14.2 Å². The Balaban J connectivity index is 1.48. The molecule has 0 aliphatic carbocycles. The normalized spacial score (nSPS) is 15.8. The number of fused-ring (bicyclic) bond motifs is 1. The molecule has 0 saturated carbocycles. The second-order valence-electron chi connectivity index (χ2n) is 6.74. The Morgan fingerprint density at radius 2 is 1.79 bits per heavy atom. The number of benzene rings is 1. The zero-order valence-corrected chi connectivity index (χ0v) is 16.4. The fourth-order valence-electron chi connectivity index (χ4n) is 3.53. The van der Waals surface area contributed by atoms with Gasteiger partial charge in [-0.1, -0.05) is 30.6 Å². The average molecular weight is 399 g/mol. The summed E-state index contributed by atoms with van der Waals surface area (Å²) in [5.41, 5.74) is -0.118. The number of hydrogen-bond donors (Lipinski definition) is 0. The predicted molar refractivity (Wildman–Crippen MR) is 107 cm³/mol. The van der Waals surface area contributed by atoms with Crippen LogP contribution in [0.2, 0.25) is 0 Å². The molecule has 1 fully saturated rings. The van der Waals surface area contributed by atoms with E-state index in [1.54, 1.807) is 32.0 Å². The third kappa shape index (κ3) is 3.24. The van der Waals surface area contributed by atoms with Gasteiger partial charge in [-0.15, -0.1) is 0 Å². The molecular weight excluding hydrogens is 378 g/mol. The van der Waals surface area contributed by atoms with Crippen molar-refractivity contribution in [1.29, 1.82) is 0 Å². The molecule has 0 spiro atoms. The Bertz CT molecular complexity index is 1050. The molecule has 2 aromatic heterocycles. The van der Waals surface area contributed by atoms with Crippen LogP contribution in [0.4, 0.5) is 0 Å². The van der Waals surface area contributed by atoms with Crippen LogP contribution in [-0.4, -0.2) is 51.7 Å². The van der Waals surface area contributed by atoms with Crippen LogP contribution in [-0.2, 0) is 4.79 Å². The molecule has 1 aliphatic heterocycles. The van der Waals surface area contributed by atoms with Crippen LogP contribution >= 0.6 is 11.5 Å². The van der Waals surface area contributed by atoms with Gasteiger partial charge in [0.15, 0.2) is 5.76 Å². The number of carbonyl (C=O) groups excluding carboxylic acids is 2. The zero-order valence-electron chi connectivity index (χ0n) is 15.5. The third-order valence-electron chi connectivity index (χ3n) is 5.08. The van der Waals surface area contributed by atoms with Crippen molar-refractivity contribution >= 4 is 33.4 Å².